The Hall–Kier alpha value is -2.89. The molecule has 0 spiro atoms. The normalized spacial score (nSPS) is 12.3. The molecule has 0 fully saturated rings. The highest BCUT2D eigenvalue weighted by Crippen LogP contribution is 2.36. The number of halogens is 4. The van der Waals surface area contributed by atoms with E-state index in [1.54, 1.807) is 25.3 Å². The number of alkyl halides is 2. The van der Waals surface area contributed by atoms with Crippen molar-refractivity contribution in [3.63, 3.8) is 0 Å². The van der Waals surface area contributed by atoms with E-state index in [0.29, 0.717) is 37.8 Å². The second-order valence-corrected chi connectivity index (χ2v) is 8.78. The fourth-order valence-corrected chi connectivity index (χ4v) is 4.56. The van der Waals surface area contributed by atoms with E-state index in [4.69, 9.17) is 27.9 Å². The number of hydrogen-bond acceptors (Lipinski definition) is 6. The fraction of sp³-hybridized carbons (Fsp3) is 0.200. The van der Waals surface area contributed by atoms with Crippen LogP contribution in [0.5, 0.6) is 5.88 Å². The molecule has 0 saturated carbocycles. The van der Waals surface area contributed by atoms with Crippen molar-refractivity contribution < 1.29 is 17.7 Å². The molecule has 0 aliphatic carbocycles. The minimum Gasteiger partial charge on any atom is -0.481 e. The third-order valence-corrected chi connectivity index (χ3v) is 6.37. The van der Waals surface area contributed by atoms with Crippen molar-refractivity contribution in [3.8, 4) is 17.1 Å². The van der Waals surface area contributed by atoms with Crippen molar-refractivity contribution in [1.29, 1.82) is 0 Å². The van der Waals surface area contributed by atoms with Crippen molar-refractivity contribution in [2.75, 3.05) is 11.8 Å². The van der Waals surface area contributed by atoms with Gasteiger partial charge in [-0.25, -0.2) is 23.0 Å². The van der Waals surface area contributed by atoms with Crippen LogP contribution in [0, 0.1) is 6.92 Å². The molecule has 8 nitrogen and oxygen atoms in total. The molecule has 0 aliphatic rings. The maximum atomic E-state index is 13.1. The first-order valence-corrected chi connectivity index (χ1v) is 11.3. The SMILES string of the molecule is COc1nc(NS(=O)c2c[nH]c3c(-c4cnc(Cl)cn4)c(Cl)ccc23)nc(C)c1CC(F)F. The predicted octanol–water partition coefficient (Wildman–Crippen LogP) is 4.98. The maximum Gasteiger partial charge on any atom is 0.242 e. The van der Waals surface area contributed by atoms with Crippen molar-refractivity contribution >= 4 is 51.0 Å². The van der Waals surface area contributed by atoms with Gasteiger partial charge in [-0.3, -0.25) is 9.71 Å². The quantitative estimate of drug-likeness (QED) is 0.361. The number of aryl methyl sites for hydroxylation is 1. The Labute approximate surface area is 199 Å². The van der Waals surface area contributed by atoms with E-state index in [1.807, 2.05) is 0 Å². The topological polar surface area (TPSA) is 106 Å². The summed E-state index contributed by atoms with van der Waals surface area (Å²) in [6.07, 6.45) is 1.33. The lowest BCUT2D eigenvalue weighted by Gasteiger charge is -2.12. The summed E-state index contributed by atoms with van der Waals surface area (Å²) in [4.78, 5) is 20.0. The summed E-state index contributed by atoms with van der Waals surface area (Å²) in [6.45, 7) is 1.56. The molecule has 0 aliphatic heterocycles. The van der Waals surface area contributed by atoms with Crippen molar-refractivity contribution in [2.45, 2.75) is 24.7 Å². The standard InChI is InChI=1S/C20H16Cl2F2N6O2S/c1-9-11(5-16(23)24)19(32-2)29-20(28-9)30-33(31)14-7-27-18-10(14)3-4-12(21)17(18)13-6-26-15(22)8-25-13/h3-4,6-8,16,27H,5H2,1-2H3,(H,28,29,30). The van der Waals surface area contributed by atoms with Gasteiger partial charge in [0.15, 0.2) is 11.0 Å². The summed E-state index contributed by atoms with van der Waals surface area (Å²) in [7, 11) is -0.477. The average molecular weight is 513 g/mol. The zero-order chi connectivity index (χ0) is 23.7. The van der Waals surface area contributed by atoms with Gasteiger partial charge in [0.1, 0.15) is 5.15 Å². The van der Waals surface area contributed by atoms with Crippen LogP contribution in [-0.2, 0) is 17.4 Å². The van der Waals surface area contributed by atoms with Crippen LogP contribution in [0.4, 0.5) is 14.7 Å². The molecule has 33 heavy (non-hydrogen) atoms. The lowest BCUT2D eigenvalue weighted by molar-refractivity contribution is 0.147. The zero-order valence-electron chi connectivity index (χ0n) is 17.2. The van der Waals surface area contributed by atoms with Crippen molar-refractivity contribution in [3.05, 3.63) is 52.2 Å². The number of nitrogens with zero attached hydrogens (tertiary/aromatic N) is 4. The molecule has 4 rings (SSSR count). The van der Waals surface area contributed by atoms with Gasteiger partial charge in [-0.05, 0) is 13.0 Å². The van der Waals surface area contributed by atoms with Crippen LogP contribution >= 0.6 is 23.2 Å². The summed E-state index contributed by atoms with van der Waals surface area (Å²) in [5.74, 6) is -0.0237. The molecule has 0 amide bonds. The van der Waals surface area contributed by atoms with Gasteiger partial charge >= 0.3 is 0 Å². The number of rotatable bonds is 7. The number of ether oxygens (including phenoxy) is 1. The molecule has 0 bridgehead atoms. The predicted molar refractivity (Wildman–Crippen MR) is 122 cm³/mol. The summed E-state index contributed by atoms with van der Waals surface area (Å²) in [6, 6.07) is 3.38. The van der Waals surface area contributed by atoms with E-state index in [9.17, 15) is 13.0 Å². The Kier molecular flexibility index (Phi) is 6.73. The van der Waals surface area contributed by atoms with Gasteiger partial charge in [0.25, 0.3) is 0 Å². The minimum atomic E-state index is -2.58. The second kappa shape index (κ2) is 9.54. The van der Waals surface area contributed by atoms with Crippen LogP contribution in [-0.4, -0.2) is 42.7 Å². The molecule has 3 aromatic heterocycles. The number of nitrogens with one attached hydrogen (secondary N) is 2. The first kappa shape index (κ1) is 23.3. The highest BCUT2D eigenvalue weighted by molar-refractivity contribution is 7.86. The molecule has 172 valence electrons. The average Bonchev–Trinajstić information content (AvgIpc) is 3.20. The van der Waals surface area contributed by atoms with Crippen LogP contribution in [0.25, 0.3) is 22.2 Å². The Bertz CT molecular complexity index is 1350. The van der Waals surface area contributed by atoms with E-state index in [0.717, 1.165) is 0 Å². The second-order valence-electron chi connectivity index (χ2n) is 6.81. The molecular formula is C20H16Cl2F2N6O2S. The summed E-state index contributed by atoms with van der Waals surface area (Å²) in [5, 5.41) is 1.28. The van der Waals surface area contributed by atoms with Crippen LogP contribution in [0.3, 0.4) is 0 Å². The molecule has 4 aromatic rings. The van der Waals surface area contributed by atoms with Gasteiger partial charge in [0, 0.05) is 29.1 Å². The van der Waals surface area contributed by atoms with E-state index >= 15 is 0 Å². The molecular weight excluding hydrogens is 497 g/mol. The van der Waals surface area contributed by atoms with Crippen molar-refractivity contribution in [2.24, 2.45) is 0 Å². The maximum absolute atomic E-state index is 13.1. The van der Waals surface area contributed by atoms with Gasteiger partial charge in [0.2, 0.25) is 18.3 Å². The highest BCUT2D eigenvalue weighted by Gasteiger charge is 2.20. The smallest absolute Gasteiger partial charge is 0.242 e. The highest BCUT2D eigenvalue weighted by atomic mass is 35.5. The number of H-pyrrole nitrogens is 1. The Morgan fingerprint density at radius 2 is 2.00 bits per heavy atom. The van der Waals surface area contributed by atoms with Crippen LogP contribution in [0.15, 0.2) is 35.6 Å². The minimum absolute atomic E-state index is 0.00314. The monoisotopic (exact) mass is 512 g/mol. The van der Waals surface area contributed by atoms with Gasteiger partial charge in [0.05, 0.1) is 46.3 Å². The van der Waals surface area contributed by atoms with Gasteiger partial charge in [-0.1, -0.05) is 29.3 Å². The fourth-order valence-electron chi connectivity index (χ4n) is 3.30. The number of benzene rings is 1. The number of aromatic nitrogens is 5. The number of methoxy groups -OCH3 is 1. The Morgan fingerprint density at radius 1 is 1.21 bits per heavy atom. The molecule has 2 N–H and O–H groups in total. The number of aromatic amines is 1. The number of fused-ring (bicyclic) bond motifs is 1. The van der Waals surface area contributed by atoms with E-state index in [1.165, 1.54) is 19.5 Å². The molecule has 3 heterocycles. The van der Waals surface area contributed by atoms with Crippen LogP contribution in [0.2, 0.25) is 10.2 Å². The molecule has 1 atom stereocenters. The van der Waals surface area contributed by atoms with E-state index < -0.39 is 23.8 Å². The van der Waals surface area contributed by atoms with Crippen LogP contribution < -0.4 is 9.46 Å². The van der Waals surface area contributed by atoms with Gasteiger partial charge in [-0.2, -0.15) is 4.98 Å². The van der Waals surface area contributed by atoms with Crippen molar-refractivity contribution in [1.82, 2.24) is 24.9 Å². The molecule has 1 aromatic carbocycles. The van der Waals surface area contributed by atoms with Gasteiger partial charge in [-0.15, -0.1) is 0 Å². The molecule has 1 unspecified atom stereocenters. The molecule has 0 saturated heterocycles. The van der Waals surface area contributed by atoms with E-state index in [2.05, 4.69) is 29.6 Å². The van der Waals surface area contributed by atoms with Gasteiger partial charge < -0.3 is 9.72 Å². The Morgan fingerprint density at radius 3 is 2.67 bits per heavy atom. The lowest BCUT2D eigenvalue weighted by Crippen LogP contribution is -2.12. The third kappa shape index (κ3) is 4.75. The first-order chi connectivity index (χ1) is 15.8. The zero-order valence-corrected chi connectivity index (χ0v) is 19.5. The first-order valence-electron chi connectivity index (χ1n) is 9.44. The summed E-state index contributed by atoms with van der Waals surface area (Å²) in [5.41, 5.74) is 2.16. The third-order valence-electron chi connectivity index (χ3n) is 4.76. The molecule has 13 heteroatoms. The lowest BCUT2D eigenvalue weighted by atomic mass is 10.1. The number of anilines is 1. The van der Waals surface area contributed by atoms with E-state index in [-0.39, 0.29) is 22.5 Å². The largest absolute Gasteiger partial charge is 0.481 e. The molecule has 0 radical (unpaired) electrons. The van der Waals surface area contributed by atoms with Crippen LogP contribution in [0.1, 0.15) is 11.3 Å². The Balaban J connectivity index is 1.69. The number of hydrogen-bond donors (Lipinski definition) is 2. The summed E-state index contributed by atoms with van der Waals surface area (Å²) >= 11 is 12.2. The summed E-state index contributed by atoms with van der Waals surface area (Å²) < 4.78 is 46.7.